The Kier molecular flexibility index (Phi) is 3.78. The van der Waals surface area contributed by atoms with Crippen molar-refractivity contribution in [3.05, 3.63) is 22.7 Å². The zero-order valence-electron chi connectivity index (χ0n) is 11.9. The Bertz CT molecular complexity index is 592. The number of amides is 2. The van der Waals surface area contributed by atoms with Gasteiger partial charge in [-0.05, 0) is 47.0 Å². The summed E-state index contributed by atoms with van der Waals surface area (Å²) in [5, 5.41) is 0. The Morgan fingerprint density at radius 1 is 1.10 bits per heavy atom. The molecule has 0 aromatic heterocycles. The van der Waals surface area contributed by atoms with E-state index in [1.165, 1.54) is 4.90 Å². The van der Waals surface area contributed by atoms with Crippen LogP contribution >= 0.6 is 15.9 Å². The van der Waals surface area contributed by atoms with Crippen molar-refractivity contribution in [3.8, 4) is 0 Å². The number of hydrogen-bond donors (Lipinski definition) is 1. The first-order chi connectivity index (χ1) is 10.0. The molecule has 0 radical (unpaired) electrons. The summed E-state index contributed by atoms with van der Waals surface area (Å²) >= 11 is 3.42. The molecular weight excluding hydrogens is 332 g/mol. The lowest BCUT2D eigenvalue weighted by Gasteiger charge is -2.25. The third-order valence-corrected chi connectivity index (χ3v) is 5.34. The number of carbonyl (C=O) groups excluding carboxylic acids is 2. The minimum atomic E-state index is -0.475. The fourth-order valence-electron chi connectivity index (χ4n) is 3.54. The van der Waals surface area contributed by atoms with Crippen LogP contribution < -0.4 is 10.6 Å². The maximum Gasteiger partial charge on any atom is 0.240 e. The summed E-state index contributed by atoms with van der Waals surface area (Å²) < 4.78 is 0.726. The second-order valence-corrected chi connectivity index (χ2v) is 6.97. The van der Waals surface area contributed by atoms with Gasteiger partial charge in [0.15, 0.2) is 0 Å². The largest absolute Gasteiger partial charge is 0.399 e. The number of imide groups is 1. The van der Waals surface area contributed by atoms with Crippen LogP contribution in [0.15, 0.2) is 22.7 Å². The van der Waals surface area contributed by atoms with Gasteiger partial charge in [0.05, 0.1) is 11.1 Å². The first-order valence-electron chi connectivity index (χ1n) is 7.46. The molecule has 0 unspecified atom stereocenters. The maximum atomic E-state index is 13.0. The van der Waals surface area contributed by atoms with Crippen molar-refractivity contribution < 1.29 is 9.59 Å². The quantitative estimate of drug-likeness (QED) is 0.621. The average molecular weight is 351 g/mol. The van der Waals surface area contributed by atoms with Crippen molar-refractivity contribution in [2.45, 2.75) is 44.9 Å². The number of carbonyl (C=O) groups is 2. The van der Waals surface area contributed by atoms with E-state index in [1.807, 2.05) is 0 Å². The monoisotopic (exact) mass is 350 g/mol. The average Bonchev–Trinajstić information content (AvgIpc) is 2.61. The number of hydrogen-bond acceptors (Lipinski definition) is 3. The Balaban J connectivity index is 1.99. The summed E-state index contributed by atoms with van der Waals surface area (Å²) in [6, 6.07) is 5.22. The third-order valence-electron chi connectivity index (χ3n) is 4.67. The van der Waals surface area contributed by atoms with E-state index >= 15 is 0 Å². The van der Waals surface area contributed by atoms with Gasteiger partial charge in [0.25, 0.3) is 0 Å². The molecule has 2 amide bonds. The highest BCUT2D eigenvalue weighted by atomic mass is 79.9. The molecule has 1 heterocycles. The van der Waals surface area contributed by atoms with Gasteiger partial charge in [0.2, 0.25) is 11.8 Å². The van der Waals surface area contributed by atoms with Gasteiger partial charge in [-0.25, -0.2) is 4.90 Å². The zero-order valence-corrected chi connectivity index (χ0v) is 13.5. The number of anilines is 2. The highest BCUT2D eigenvalue weighted by Crippen LogP contribution is 2.46. The molecular formula is C16H19BrN2O2. The molecule has 3 rings (SSSR count). The van der Waals surface area contributed by atoms with Crippen LogP contribution in [0.5, 0.6) is 0 Å². The molecule has 0 atom stereocenters. The molecule has 2 aliphatic rings. The van der Waals surface area contributed by atoms with E-state index in [4.69, 9.17) is 5.73 Å². The third kappa shape index (κ3) is 2.48. The molecule has 1 aromatic rings. The Labute approximate surface area is 132 Å². The van der Waals surface area contributed by atoms with Crippen molar-refractivity contribution >= 4 is 39.1 Å². The molecule has 112 valence electrons. The molecule has 1 aliphatic carbocycles. The highest BCUT2D eigenvalue weighted by Gasteiger charge is 2.51. The highest BCUT2D eigenvalue weighted by molar-refractivity contribution is 9.10. The molecule has 1 saturated heterocycles. The van der Waals surface area contributed by atoms with E-state index in [-0.39, 0.29) is 11.8 Å². The predicted molar refractivity (Wildman–Crippen MR) is 85.8 cm³/mol. The standard InChI is InChI=1S/C16H19BrN2O2/c17-12-6-5-11(18)9-13(12)19-14(20)10-16(15(19)21)7-3-1-2-4-8-16/h5-6,9H,1-4,7-8,10,18H2. The van der Waals surface area contributed by atoms with Crippen LogP contribution in [0.3, 0.4) is 0 Å². The molecule has 1 aliphatic heterocycles. The minimum Gasteiger partial charge on any atom is -0.399 e. The van der Waals surface area contributed by atoms with E-state index in [2.05, 4.69) is 15.9 Å². The normalized spacial score (nSPS) is 21.9. The maximum absolute atomic E-state index is 13.0. The molecule has 1 aromatic carbocycles. The fourth-order valence-corrected chi connectivity index (χ4v) is 3.96. The number of rotatable bonds is 1. The first-order valence-corrected chi connectivity index (χ1v) is 8.25. The molecule has 5 heteroatoms. The van der Waals surface area contributed by atoms with Crippen LogP contribution in [0.2, 0.25) is 0 Å². The lowest BCUT2D eigenvalue weighted by atomic mass is 9.79. The lowest BCUT2D eigenvalue weighted by molar-refractivity contribution is -0.126. The van der Waals surface area contributed by atoms with Gasteiger partial charge in [-0.15, -0.1) is 0 Å². The van der Waals surface area contributed by atoms with Gasteiger partial charge in [-0.1, -0.05) is 25.7 Å². The van der Waals surface area contributed by atoms with Crippen LogP contribution in [0.1, 0.15) is 44.9 Å². The van der Waals surface area contributed by atoms with Crippen molar-refractivity contribution in [2.75, 3.05) is 10.6 Å². The van der Waals surface area contributed by atoms with Crippen LogP contribution in [-0.4, -0.2) is 11.8 Å². The molecule has 1 saturated carbocycles. The molecule has 21 heavy (non-hydrogen) atoms. The summed E-state index contributed by atoms with van der Waals surface area (Å²) in [4.78, 5) is 26.8. The summed E-state index contributed by atoms with van der Waals surface area (Å²) in [5.41, 5.74) is 6.46. The van der Waals surface area contributed by atoms with Crippen molar-refractivity contribution in [1.29, 1.82) is 0 Å². The molecule has 2 N–H and O–H groups in total. The van der Waals surface area contributed by atoms with Crippen molar-refractivity contribution in [2.24, 2.45) is 5.41 Å². The predicted octanol–water partition coefficient (Wildman–Crippen LogP) is 3.64. The second-order valence-electron chi connectivity index (χ2n) is 6.12. The van der Waals surface area contributed by atoms with Crippen LogP contribution in [0, 0.1) is 5.41 Å². The molecule has 4 nitrogen and oxygen atoms in total. The van der Waals surface area contributed by atoms with Crippen molar-refractivity contribution in [1.82, 2.24) is 0 Å². The van der Waals surface area contributed by atoms with Gasteiger partial charge in [0, 0.05) is 16.6 Å². The van der Waals surface area contributed by atoms with E-state index in [9.17, 15) is 9.59 Å². The molecule has 2 fully saturated rings. The summed E-state index contributed by atoms with van der Waals surface area (Å²) in [7, 11) is 0. The number of halogens is 1. The molecule has 0 bridgehead atoms. The minimum absolute atomic E-state index is 0.0410. The first kappa shape index (κ1) is 14.6. The smallest absolute Gasteiger partial charge is 0.240 e. The fraction of sp³-hybridized carbons (Fsp3) is 0.500. The van der Waals surface area contributed by atoms with Crippen LogP contribution in [-0.2, 0) is 9.59 Å². The lowest BCUT2D eigenvalue weighted by Crippen LogP contribution is -2.35. The van der Waals surface area contributed by atoms with E-state index in [0.29, 0.717) is 17.8 Å². The number of benzene rings is 1. The zero-order chi connectivity index (χ0) is 15.0. The summed E-state index contributed by atoms with van der Waals surface area (Å²) in [6.07, 6.45) is 6.38. The Hall–Kier alpha value is -1.36. The van der Waals surface area contributed by atoms with Gasteiger partial charge in [0.1, 0.15) is 0 Å². The van der Waals surface area contributed by atoms with Crippen LogP contribution in [0.25, 0.3) is 0 Å². The Morgan fingerprint density at radius 3 is 2.43 bits per heavy atom. The van der Waals surface area contributed by atoms with Gasteiger partial charge >= 0.3 is 0 Å². The van der Waals surface area contributed by atoms with Crippen molar-refractivity contribution in [3.63, 3.8) is 0 Å². The summed E-state index contributed by atoms with van der Waals surface area (Å²) in [6.45, 7) is 0. The Morgan fingerprint density at radius 2 is 1.76 bits per heavy atom. The van der Waals surface area contributed by atoms with E-state index in [1.54, 1.807) is 18.2 Å². The topological polar surface area (TPSA) is 63.4 Å². The number of nitrogens with two attached hydrogens (primary N) is 1. The molecule has 1 spiro atoms. The van der Waals surface area contributed by atoms with E-state index in [0.717, 1.165) is 43.0 Å². The number of nitrogens with zero attached hydrogens (tertiary/aromatic N) is 1. The van der Waals surface area contributed by atoms with Crippen LogP contribution in [0.4, 0.5) is 11.4 Å². The summed E-state index contributed by atoms with van der Waals surface area (Å²) in [5.74, 6) is -0.145. The van der Waals surface area contributed by atoms with E-state index < -0.39 is 5.41 Å². The van der Waals surface area contributed by atoms with Gasteiger partial charge in [-0.3, -0.25) is 9.59 Å². The SMILES string of the molecule is Nc1ccc(Br)c(N2C(=O)CC3(CCCCCC3)C2=O)c1. The second kappa shape index (κ2) is 5.44. The van der Waals surface area contributed by atoms with Gasteiger partial charge < -0.3 is 5.73 Å². The van der Waals surface area contributed by atoms with Gasteiger partial charge in [-0.2, -0.15) is 0 Å². The number of nitrogen functional groups attached to an aromatic ring is 1.